The molecule has 9 heteroatoms. The van der Waals surface area contributed by atoms with Crippen LogP contribution >= 0.6 is 11.5 Å². The van der Waals surface area contributed by atoms with E-state index in [1.165, 1.54) is 16.2 Å². The lowest BCUT2D eigenvalue weighted by Gasteiger charge is -2.05. The van der Waals surface area contributed by atoms with Gasteiger partial charge in [0, 0.05) is 23.8 Å². The second kappa shape index (κ2) is 6.38. The molecule has 0 saturated carbocycles. The third kappa shape index (κ3) is 2.71. The van der Waals surface area contributed by atoms with E-state index in [4.69, 9.17) is 4.42 Å². The van der Waals surface area contributed by atoms with Gasteiger partial charge in [0.2, 0.25) is 5.89 Å². The van der Waals surface area contributed by atoms with Crippen LogP contribution in [0, 0.1) is 6.92 Å². The Hall–Kier alpha value is -3.33. The summed E-state index contributed by atoms with van der Waals surface area (Å²) < 4.78 is 13.2. The first kappa shape index (κ1) is 16.8. The quantitative estimate of drug-likeness (QED) is 0.467. The van der Waals surface area contributed by atoms with Crippen molar-refractivity contribution in [3.8, 4) is 0 Å². The number of hydrogen-bond acceptors (Lipinski definition) is 7. The lowest BCUT2D eigenvalue weighted by Crippen LogP contribution is -2.25. The summed E-state index contributed by atoms with van der Waals surface area (Å²) in [6, 6.07) is 7.67. The Morgan fingerprint density at radius 3 is 2.89 bits per heavy atom. The first-order valence-corrected chi connectivity index (χ1v) is 9.53. The van der Waals surface area contributed by atoms with Crippen LogP contribution in [0.5, 0.6) is 0 Å². The topological polar surface area (TPSA) is 91.6 Å². The molecule has 0 aliphatic rings. The first-order valence-electron chi connectivity index (χ1n) is 8.76. The zero-order valence-electron chi connectivity index (χ0n) is 15.3. The molecule has 0 unspecified atom stereocenters. The van der Waals surface area contributed by atoms with Crippen molar-refractivity contribution in [2.24, 2.45) is 7.05 Å². The molecule has 0 saturated heterocycles. The molecule has 0 aliphatic carbocycles. The molecule has 5 heterocycles. The van der Waals surface area contributed by atoms with Gasteiger partial charge in [-0.15, -0.1) is 0 Å². The van der Waals surface area contributed by atoms with Crippen molar-refractivity contribution >= 4 is 33.7 Å². The Morgan fingerprint density at radius 1 is 1.21 bits per heavy atom. The van der Waals surface area contributed by atoms with Gasteiger partial charge in [0.05, 0.1) is 30.2 Å². The maximum absolute atomic E-state index is 13.0. The highest BCUT2D eigenvalue weighted by atomic mass is 32.1. The molecular formula is C19H16N6O2S. The van der Waals surface area contributed by atoms with Gasteiger partial charge in [0.15, 0.2) is 11.2 Å². The maximum atomic E-state index is 13.0. The minimum atomic E-state index is -0.194. The molecule has 0 amide bonds. The SMILES string of the molecule is Cc1cccc(Cn2ncc3c4oc(Cc5ccns5)nc4n(C)c3c2=O)n1. The number of hydrogen-bond donors (Lipinski definition) is 0. The third-order valence-corrected chi connectivity index (χ3v) is 5.39. The van der Waals surface area contributed by atoms with Crippen molar-refractivity contribution < 1.29 is 4.42 Å². The second-order valence-corrected chi connectivity index (χ2v) is 7.53. The molecule has 0 aromatic carbocycles. The molecule has 28 heavy (non-hydrogen) atoms. The van der Waals surface area contributed by atoms with Crippen LogP contribution in [0.4, 0.5) is 0 Å². The first-order chi connectivity index (χ1) is 13.6. The highest BCUT2D eigenvalue weighted by Crippen LogP contribution is 2.27. The van der Waals surface area contributed by atoms with Crippen LogP contribution in [0.25, 0.3) is 22.1 Å². The maximum Gasteiger partial charge on any atom is 0.291 e. The summed E-state index contributed by atoms with van der Waals surface area (Å²) in [7, 11) is 1.82. The van der Waals surface area contributed by atoms with E-state index in [9.17, 15) is 4.79 Å². The molecular weight excluding hydrogens is 376 g/mol. The molecule has 0 bridgehead atoms. The standard InChI is InChI=1S/C19H16N6O2S/c1-11-4-3-5-12(22-11)10-25-19(26)16-14(9-20-25)17-18(24(16)2)23-15(27-17)8-13-6-7-21-28-13/h3-7,9H,8,10H2,1-2H3. The Bertz CT molecular complexity index is 1360. The van der Waals surface area contributed by atoms with E-state index >= 15 is 0 Å². The molecule has 5 aromatic heterocycles. The fourth-order valence-corrected chi connectivity index (χ4v) is 3.91. The molecule has 0 aliphatic heterocycles. The summed E-state index contributed by atoms with van der Waals surface area (Å²) in [6.45, 7) is 2.23. The van der Waals surface area contributed by atoms with Crippen molar-refractivity contribution in [1.29, 1.82) is 0 Å². The normalized spacial score (nSPS) is 11.6. The molecule has 0 spiro atoms. The highest BCUT2D eigenvalue weighted by Gasteiger charge is 2.20. The Morgan fingerprint density at radius 2 is 2.11 bits per heavy atom. The van der Waals surface area contributed by atoms with Crippen LogP contribution in [0.3, 0.4) is 0 Å². The Kier molecular flexibility index (Phi) is 3.83. The summed E-state index contributed by atoms with van der Waals surface area (Å²) in [6.07, 6.45) is 3.99. The van der Waals surface area contributed by atoms with Gasteiger partial charge in [-0.05, 0) is 36.7 Å². The highest BCUT2D eigenvalue weighted by molar-refractivity contribution is 7.05. The number of pyridine rings is 1. The summed E-state index contributed by atoms with van der Waals surface area (Å²) in [5.74, 6) is 0.597. The van der Waals surface area contributed by atoms with Crippen LogP contribution in [0.2, 0.25) is 0 Å². The molecule has 0 atom stereocenters. The molecule has 0 radical (unpaired) electrons. The van der Waals surface area contributed by atoms with Gasteiger partial charge >= 0.3 is 0 Å². The monoisotopic (exact) mass is 392 g/mol. The van der Waals surface area contributed by atoms with E-state index in [-0.39, 0.29) is 5.56 Å². The van der Waals surface area contributed by atoms with E-state index < -0.39 is 0 Å². The fraction of sp³-hybridized carbons (Fsp3) is 0.211. The summed E-state index contributed by atoms with van der Waals surface area (Å²) in [5.41, 5.74) is 3.24. The van der Waals surface area contributed by atoms with Crippen molar-refractivity contribution in [1.82, 2.24) is 28.7 Å². The number of aryl methyl sites for hydroxylation is 2. The van der Waals surface area contributed by atoms with Crippen molar-refractivity contribution in [2.75, 3.05) is 0 Å². The fourth-order valence-electron chi connectivity index (χ4n) is 3.34. The lowest BCUT2D eigenvalue weighted by atomic mass is 10.3. The number of fused-ring (bicyclic) bond motifs is 3. The number of aromatic nitrogens is 6. The molecule has 8 nitrogen and oxygen atoms in total. The molecule has 0 N–H and O–H groups in total. The van der Waals surface area contributed by atoms with Crippen LogP contribution in [-0.2, 0) is 20.0 Å². The van der Waals surface area contributed by atoms with Crippen LogP contribution in [0.1, 0.15) is 22.2 Å². The largest absolute Gasteiger partial charge is 0.438 e. The second-order valence-electron chi connectivity index (χ2n) is 6.61. The minimum absolute atomic E-state index is 0.194. The Labute approximate surface area is 163 Å². The molecule has 5 aromatic rings. The Balaban J connectivity index is 1.59. The molecule has 5 rings (SSSR count). The van der Waals surface area contributed by atoms with Gasteiger partial charge in [-0.2, -0.15) is 10.1 Å². The van der Waals surface area contributed by atoms with Gasteiger partial charge < -0.3 is 8.98 Å². The van der Waals surface area contributed by atoms with Gasteiger partial charge in [-0.25, -0.2) is 9.06 Å². The van der Waals surface area contributed by atoms with Crippen LogP contribution in [0.15, 0.2) is 45.9 Å². The molecule has 0 fully saturated rings. The number of oxazole rings is 1. The minimum Gasteiger partial charge on any atom is -0.438 e. The summed E-state index contributed by atoms with van der Waals surface area (Å²) >= 11 is 1.42. The average Bonchev–Trinajstić information content (AvgIpc) is 3.37. The van der Waals surface area contributed by atoms with E-state index in [1.54, 1.807) is 17.0 Å². The summed E-state index contributed by atoms with van der Waals surface area (Å²) in [4.78, 5) is 23.1. The van der Waals surface area contributed by atoms with Crippen LogP contribution < -0.4 is 5.56 Å². The third-order valence-electron chi connectivity index (χ3n) is 4.64. The van der Waals surface area contributed by atoms with Gasteiger partial charge in [0.1, 0.15) is 5.52 Å². The van der Waals surface area contributed by atoms with Gasteiger partial charge in [0.25, 0.3) is 5.56 Å². The zero-order chi connectivity index (χ0) is 19.3. The number of rotatable bonds is 4. The molecule has 140 valence electrons. The average molecular weight is 392 g/mol. The van der Waals surface area contributed by atoms with Gasteiger partial charge in [-0.3, -0.25) is 9.78 Å². The smallest absolute Gasteiger partial charge is 0.291 e. The van der Waals surface area contributed by atoms with Crippen LogP contribution in [-0.4, -0.2) is 28.7 Å². The lowest BCUT2D eigenvalue weighted by molar-refractivity contribution is 0.547. The van der Waals surface area contributed by atoms with E-state index in [0.29, 0.717) is 41.0 Å². The predicted octanol–water partition coefficient (Wildman–Crippen LogP) is 2.68. The predicted molar refractivity (Wildman–Crippen MR) is 106 cm³/mol. The van der Waals surface area contributed by atoms with E-state index in [1.807, 2.05) is 38.2 Å². The zero-order valence-corrected chi connectivity index (χ0v) is 16.1. The van der Waals surface area contributed by atoms with E-state index in [2.05, 4.69) is 19.4 Å². The van der Waals surface area contributed by atoms with Gasteiger partial charge in [-0.1, -0.05) is 6.07 Å². The van der Waals surface area contributed by atoms with E-state index in [0.717, 1.165) is 16.3 Å². The number of nitrogens with zero attached hydrogens (tertiary/aromatic N) is 6. The van der Waals surface area contributed by atoms with Crippen molar-refractivity contribution in [2.45, 2.75) is 19.9 Å². The van der Waals surface area contributed by atoms with Crippen molar-refractivity contribution in [3.63, 3.8) is 0 Å². The van der Waals surface area contributed by atoms with Crippen molar-refractivity contribution in [3.05, 3.63) is 69.2 Å². The summed E-state index contributed by atoms with van der Waals surface area (Å²) in [5, 5.41) is 5.00.